The van der Waals surface area contributed by atoms with E-state index < -0.39 is 0 Å². The smallest absolute Gasteiger partial charge is 0.297 e. The standard InChI is InChI=1S/C20H20N6O2/c1-13(2)15-7-5-14(6-8-15)10-22-17(27)11-25-16-4-3-9-21-18(16)26-12-23-24-19(26)20(25)28/h3-9,12-13H,10-11H2,1-2H3,(H,22,27). The minimum atomic E-state index is -0.380. The van der Waals surface area contributed by atoms with E-state index in [1.54, 1.807) is 18.3 Å². The molecule has 4 rings (SSSR count). The van der Waals surface area contributed by atoms with Crippen LogP contribution in [-0.2, 0) is 17.9 Å². The van der Waals surface area contributed by atoms with Crippen molar-refractivity contribution in [2.45, 2.75) is 32.9 Å². The number of hydrogen-bond donors (Lipinski definition) is 1. The van der Waals surface area contributed by atoms with Gasteiger partial charge >= 0.3 is 0 Å². The predicted molar refractivity (Wildman–Crippen MR) is 105 cm³/mol. The molecular formula is C20H20N6O2. The number of benzene rings is 1. The van der Waals surface area contributed by atoms with E-state index in [-0.39, 0.29) is 23.7 Å². The molecule has 3 heterocycles. The number of aromatic nitrogens is 5. The van der Waals surface area contributed by atoms with Gasteiger partial charge in [0.05, 0.1) is 5.52 Å². The Morgan fingerprint density at radius 3 is 2.68 bits per heavy atom. The molecule has 1 amide bonds. The van der Waals surface area contributed by atoms with E-state index in [1.807, 2.05) is 12.1 Å². The van der Waals surface area contributed by atoms with Crippen LogP contribution in [0.1, 0.15) is 30.9 Å². The second-order valence-corrected chi connectivity index (χ2v) is 6.93. The summed E-state index contributed by atoms with van der Waals surface area (Å²) in [7, 11) is 0. The van der Waals surface area contributed by atoms with E-state index in [0.717, 1.165) is 5.56 Å². The van der Waals surface area contributed by atoms with Crippen molar-refractivity contribution in [2.75, 3.05) is 0 Å². The third-order valence-electron chi connectivity index (χ3n) is 4.71. The Labute approximate surface area is 160 Å². The van der Waals surface area contributed by atoms with Gasteiger partial charge in [0.1, 0.15) is 12.9 Å². The quantitative estimate of drug-likeness (QED) is 0.574. The first-order chi connectivity index (χ1) is 13.5. The van der Waals surface area contributed by atoms with Crippen LogP contribution in [0.5, 0.6) is 0 Å². The van der Waals surface area contributed by atoms with Gasteiger partial charge in [-0.3, -0.25) is 18.6 Å². The summed E-state index contributed by atoms with van der Waals surface area (Å²) in [5, 5.41) is 10.5. The lowest BCUT2D eigenvalue weighted by Gasteiger charge is -2.12. The fourth-order valence-corrected chi connectivity index (χ4v) is 3.13. The summed E-state index contributed by atoms with van der Waals surface area (Å²) in [4.78, 5) is 29.5. The fourth-order valence-electron chi connectivity index (χ4n) is 3.13. The zero-order chi connectivity index (χ0) is 19.7. The van der Waals surface area contributed by atoms with Crippen molar-refractivity contribution in [2.24, 2.45) is 0 Å². The van der Waals surface area contributed by atoms with Gasteiger partial charge in [0.2, 0.25) is 11.6 Å². The van der Waals surface area contributed by atoms with Crippen molar-refractivity contribution in [3.63, 3.8) is 0 Å². The summed E-state index contributed by atoms with van der Waals surface area (Å²) in [6, 6.07) is 11.6. The highest BCUT2D eigenvalue weighted by molar-refractivity contribution is 5.80. The maximum atomic E-state index is 12.7. The number of rotatable bonds is 5. The molecule has 8 nitrogen and oxygen atoms in total. The number of nitrogens with one attached hydrogen (secondary N) is 1. The molecule has 1 N–H and O–H groups in total. The monoisotopic (exact) mass is 376 g/mol. The molecular weight excluding hydrogens is 356 g/mol. The number of nitrogens with zero attached hydrogens (tertiary/aromatic N) is 5. The van der Waals surface area contributed by atoms with Crippen LogP contribution in [0.4, 0.5) is 0 Å². The Morgan fingerprint density at radius 1 is 1.14 bits per heavy atom. The number of hydrogen-bond acceptors (Lipinski definition) is 5. The van der Waals surface area contributed by atoms with E-state index in [0.29, 0.717) is 23.6 Å². The summed E-state index contributed by atoms with van der Waals surface area (Å²) in [6.07, 6.45) is 3.06. The minimum absolute atomic E-state index is 0.117. The zero-order valence-electron chi connectivity index (χ0n) is 15.7. The number of carbonyl (C=O) groups excluding carboxylic acids is 1. The summed E-state index contributed by atoms with van der Waals surface area (Å²) in [6.45, 7) is 4.56. The van der Waals surface area contributed by atoms with Crippen LogP contribution in [0, 0.1) is 0 Å². The van der Waals surface area contributed by atoms with E-state index in [9.17, 15) is 9.59 Å². The van der Waals surface area contributed by atoms with Crippen molar-refractivity contribution < 1.29 is 4.79 Å². The number of fused-ring (bicyclic) bond motifs is 3. The van der Waals surface area contributed by atoms with Gasteiger partial charge in [0.15, 0.2) is 5.65 Å². The van der Waals surface area contributed by atoms with Gasteiger partial charge in [-0.1, -0.05) is 38.1 Å². The highest BCUT2D eigenvalue weighted by Gasteiger charge is 2.15. The number of pyridine rings is 1. The second-order valence-electron chi connectivity index (χ2n) is 6.93. The van der Waals surface area contributed by atoms with Crippen LogP contribution in [0.3, 0.4) is 0 Å². The van der Waals surface area contributed by atoms with Gasteiger partial charge < -0.3 is 5.32 Å². The third kappa shape index (κ3) is 3.24. The van der Waals surface area contributed by atoms with Crippen LogP contribution < -0.4 is 10.9 Å². The van der Waals surface area contributed by atoms with E-state index in [1.165, 1.54) is 20.9 Å². The van der Waals surface area contributed by atoms with Crippen LogP contribution in [0.2, 0.25) is 0 Å². The minimum Gasteiger partial charge on any atom is -0.350 e. The average Bonchev–Trinajstić information content (AvgIpc) is 3.20. The highest BCUT2D eigenvalue weighted by Crippen LogP contribution is 2.14. The topological polar surface area (TPSA) is 94.2 Å². The Morgan fingerprint density at radius 2 is 1.93 bits per heavy atom. The van der Waals surface area contributed by atoms with E-state index in [4.69, 9.17) is 0 Å². The Bertz CT molecular complexity index is 1210. The summed E-state index contributed by atoms with van der Waals surface area (Å²) >= 11 is 0. The lowest BCUT2D eigenvalue weighted by atomic mass is 10.0. The lowest BCUT2D eigenvalue weighted by Crippen LogP contribution is -2.33. The van der Waals surface area contributed by atoms with Gasteiger partial charge in [-0.25, -0.2) is 4.98 Å². The van der Waals surface area contributed by atoms with Gasteiger partial charge in [-0.15, -0.1) is 10.2 Å². The zero-order valence-corrected chi connectivity index (χ0v) is 15.7. The normalized spacial score (nSPS) is 11.4. The van der Waals surface area contributed by atoms with Crippen molar-refractivity contribution in [1.29, 1.82) is 0 Å². The largest absolute Gasteiger partial charge is 0.350 e. The first-order valence-electron chi connectivity index (χ1n) is 9.07. The molecule has 142 valence electrons. The fraction of sp³-hybridized carbons (Fsp3) is 0.250. The molecule has 0 saturated heterocycles. The van der Waals surface area contributed by atoms with Crippen molar-refractivity contribution in [3.05, 3.63) is 70.4 Å². The molecule has 0 saturated carbocycles. The molecule has 0 unspecified atom stereocenters. The van der Waals surface area contributed by atoms with E-state index in [2.05, 4.69) is 46.5 Å². The van der Waals surface area contributed by atoms with Gasteiger partial charge in [-0.2, -0.15) is 0 Å². The van der Waals surface area contributed by atoms with Gasteiger partial charge in [0.25, 0.3) is 5.56 Å². The van der Waals surface area contributed by atoms with Crippen LogP contribution in [0.15, 0.2) is 53.7 Å². The predicted octanol–water partition coefficient (Wildman–Crippen LogP) is 1.88. The molecule has 0 radical (unpaired) electrons. The van der Waals surface area contributed by atoms with Crippen LogP contribution in [0.25, 0.3) is 16.8 Å². The molecule has 4 aromatic rings. The first-order valence-corrected chi connectivity index (χ1v) is 9.07. The Kier molecular flexibility index (Phi) is 4.60. The summed E-state index contributed by atoms with van der Waals surface area (Å²) < 4.78 is 2.91. The Balaban J connectivity index is 1.56. The first kappa shape index (κ1) is 17.8. The molecule has 1 aromatic carbocycles. The molecule has 3 aromatic heterocycles. The third-order valence-corrected chi connectivity index (χ3v) is 4.71. The number of amides is 1. The maximum absolute atomic E-state index is 12.7. The molecule has 0 atom stereocenters. The van der Waals surface area contributed by atoms with Crippen molar-refractivity contribution >= 4 is 22.7 Å². The molecule has 8 heteroatoms. The number of carbonyl (C=O) groups is 1. The van der Waals surface area contributed by atoms with Crippen molar-refractivity contribution in [1.82, 2.24) is 29.5 Å². The SMILES string of the molecule is CC(C)c1ccc(CNC(=O)Cn2c(=O)c3nncn3c3ncccc32)cc1. The molecule has 0 spiro atoms. The Hall–Kier alpha value is -3.55. The maximum Gasteiger partial charge on any atom is 0.297 e. The molecule has 0 aliphatic heterocycles. The average molecular weight is 376 g/mol. The molecule has 28 heavy (non-hydrogen) atoms. The van der Waals surface area contributed by atoms with Crippen LogP contribution in [-0.4, -0.2) is 30.1 Å². The van der Waals surface area contributed by atoms with Crippen LogP contribution >= 0.6 is 0 Å². The van der Waals surface area contributed by atoms with E-state index >= 15 is 0 Å². The summed E-state index contributed by atoms with van der Waals surface area (Å²) in [5.74, 6) is 0.202. The lowest BCUT2D eigenvalue weighted by molar-refractivity contribution is -0.121. The molecule has 0 bridgehead atoms. The molecule has 0 fully saturated rings. The highest BCUT2D eigenvalue weighted by atomic mass is 16.2. The molecule has 0 aliphatic carbocycles. The molecule has 0 aliphatic rings. The van der Waals surface area contributed by atoms with Gasteiger partial charge in [-0.05, 0) is 29.2 Å². The summed E-state index contributed by atoms with van der Waals surface area (Å²) in [5.41, 5.74) is 3.10. The van der Waals surface area contributed by atoms with Crippen molar-refractivity contribution in [3.8, 4) is 0 Å². The second kappa shape index (κ2) is 7.22. The van der Waals surface area contributed by atoms with Gasteiger partial charge in [0, 0.05) is 12.7 Å².